The van der Waals surface area contributed by atoms with Gasteiger partial charge in [-0.3, -0.25) is 0 Å². The van der Waals surface area contributed by atoms with E-state index in [4.69, 9.17) is 11.0 Å². The van der Waals surface area contributed by atoms with Gasteiger partial charge in [0.05, 0.1) is 41.1 Å². The first kappa shape index (κ1) is 12.3. The van der Waals surface area contributed by atoms with Crippen molar-refractivity contribution >= 4 is 0 Å². The van der Waals surface area contributed by atoms with Gasteiger partial charge in [-0.15, -0.1) is 0 Å². The lowest BCUT2D eigenvalue weighted by atomic mass is 10.0. The maximum atomic E-state index is 8.98. The zero-order valence-corrected chi connectivity index (χ0v) is 10.8. The third kappa shape index (κ3) is 2.13. The molecule has 92 valence electrons. The van der Waals surface area contributed by atoms with Crippen molar-refractivity contribution < 1.29 is 0 Å². The fourth-order valence-electron chi connectivity index (χ4n) is 1.90. The van der Waals surface area contributed by atoms with Gasteiger partial charge < -0.3 is 10.3 Å². The Kier molecular flexibility index (Phi) is 2.93. The van der Waals surface area contributed by atoms with E-state index >= 15 is 0 Å². The molecular formula is C14H16N4. The molecule has 2 N–H and O–H groups in total. The average molecular weight is 240 g/mol. The summed E-state index contributed by atoms with van der Waals surface area (Å²) in [6.07, 6.45) is 3.49. The van der Waals surface area contributed by atoms with E-state index in [2.05, 4.69) is 11.1 Å². The molecule has 4 heteroatoms. The number of nitriles is 1. The van der Waals surface area contributed by atoms with Crippen LogP contribution >= 0.6 is 0 Å². The zero-order chi connectivity index (χ0) is 13.3. The molecule has 0 aliphatic heterocycles. The number of rotatable bonds is 2. The van der Waals surface area contributed by atoms with Crippen molar-refractivity contribution in [1.82, 2.24) is 9.55 Å². The molecule has 0 aliphatic rings. The van der Waals surface area contributed by atoms with Gasteiger partial charge in [0.25, 0.3) is 0 Å². The van der Waals surface area contributed by atoms with Gasteiger partial charge in [-0.05, 0) is 38.5 Å². The number of aromatic nitrogens is 2. The second kappa shape index (κ2) is 4.28. The average Bonchev–Trinajstić information content (AvgIpc) is 2.78. The molecule has 0 fully saturated rings. The molecule has 0 aliphatic carbocycles. The lowest BCUT2D eigenvalue weighted by Crippen LogP contribution is -2.31. The van der Waals surface area contributed by atoms with E-state index in [1.54, 1.807) is 12.5 Å². The van der Waals surface area contributed by atoms with Crippen LogP contribution in [-0.2, 0) is 5.54 Å². The fourth-order valence-corrected chi connectivity index (χ4v) is 1.90. The van der Waals surface area contributed by atoms with E-state index in [1.807, 2.05) is 43.5 Å². The van der Waals surface area contributed by atoms with E-state index in [0.29, 0.717) is 5.56 Å². The molecule has 1 aromatic carbocycles. The third-order valence-corrected chi connectivity index (χ3v) is 2.90. The van der Waals surface area contributed by atoms with Gasteiger partial charge in [-0.1, -0.05) is 6.07 Å². The summed E-state index contributed by atoms with van der Waals surface area (Å²) in [5, 5.41) is 8.98. The monoisotopic (exact) mass is 240 g/mol. The number of imidazole rings is 1. The highest BCUT2D eigenvalue weighted by molar-refractivity contribution is 5.48. The predicted molar refractivity (Wildman–Crippen MR) is 70.2 cm³/mol. The first-order valence-corrected chi connectivity index (χ1v) is 5.76. The summed E-state index contributed by atoms with van der Waals surface area (Å²) in [6, 6.07) is 7.74. The Hall–Kier alpha value is -2.12. The van der Waals surface area contributed by atoms with Crippen molar-refractivity contribution in [2.45, 2.75) is 26.3 Å². The van der Waals surface area contributed by atoms with Crippen LogP contribution in [0.5, 0.6) is 0 Å². The van der Waals surface area contributed by atoms with Crippen LogP contribution in [0.15, 0.2) is 30.7 Å². The second-order valence-corrected chi connectivity index (χ2v) is 4.98. The highest BCUT2D eigenvalue weighted by Crippen LogP contribution is 2.23. The lowest BCUT2D eigenvalue weighted by molar-refractivity contribution is 0.524. The second-order valence-electron chi connectivity index (χ2n) is 4.98. The predicted octanol–water partition coefficient (Wildman–Crippen LogP) is 2.25. The SMILES string of the molecule is Cc1ccc(C#N)cc1-n1cncc1C(C)(C)N. The minimum absolute atomic E-state index is 0.481. The van der Waals surface area contributed by atoms with E-state index in [9.17, 15) is 0 Å². The number of nitrogens with two attached hydrogens (primary N) is 1. The Morgan fingerprint density at radius 2 is 2.11 bits per heavy atom. The molecule has 0 bridgehead atoms. The van der Waals surface area contributed by atoms with E-state index in [-0.39, 0.29) is 0 Å². The van der Waals surface area contributed by atoms with Crippen molar-refractivity contribution in [3.8, 4) is 11.8 Å². The van der Waals surface area contributed by atoms with Crippen molar-refractivity contribution in [3.05, 3.63) is 47.5 Å². The third-order valence-electron chi connectivity index (χ3n) is 2.90. The van der Waals surface area contributed by atoms with Gasteiger partial charge in [0.1, 0.15) is 0 Å². The quantitative estimate of drug-likeness (QED) is 0.875. The van der Waals surface area contributed by atoms with Crippen LogP contribution in [0.2, 0.25) is 0 Å². The number of hydrogen-bond acceptors (Lipinski definition) is 3. The van der Waals surface area contributed by atoms with Crippen LogP contribution in [0, 0.1) is 18.3 Å². The molecule has 2 rings (SSSR count). The van der Waals surface area contributed by atoms with Gasteiger partial charge >= 0.3 is 0 Å². The first-order valence-electron chi connectivity index (χ1n) is 5.76. The Morgan fingerprint density at radius 3 is 2.72 bits per heavy atom. The van der Waals surface area contributed by atoms with Gasteiger partial charge in [0.2, 0.25) is 0 Å². The van der Waals surface area contributed by atoms with Crippen molar-refractivity contribution in [3.63, 3.8) is 0 Å². The molecule has 2 aromatic rings. The topological polar surface area (TPSA) is 67.6 Å². The van der Waals surface area contributed by atoms with Crippen LogP contribution in [0.25, 0.3) is 5.69 Å². The van der Waals surface area contributed by atoms with E-state index in [1.165, 1.54) is 0 Å². The first-order chi connectivity index (χ1) is 8.43. The van der Waals surface area contributed by atoms with E-state index in [0.717, 1.165) is 16.9 Å². The summed E-state index contributed by atoms with van der Waals surface area (Å²) in [5.41, 5.74) is 9.23. The molecule has 0 saturated heterocycles. The normalized spacial score (nSPS) is 11.3. The molecule has 1 aromatic heterocycles. The van der Waals surface area contributed by atoms with Crippen molar-refractivity contribution in [1.29, 1.82) is 5.26 Å². The molecular weight excluding hydrogens is 224 g/mol. The van der Waals surface area contributed by atoms with Crippen molar-refractivity contribution in [2.75, 3.05) is 0 Å². The largest absolute Gasteiger partial charge is 0.321 e. The molecule has 0 atom stereocenters. The van der Waals surface area contributed by atoms with Crippen LogP contribution in [0.4, 0.5) is 0 Å². The van der Waals surface area contributed by atoms with Gasteiger partial charge in [0.15, 0.2) is 0 Å². The van der Waals surface area contributed by atoms with Crippen LogP contribution in [-0.4, -0.2) is 9.55 Å². The molecule has 18 heavy (non-hydrogen) atoms. The Balaban J connectivity index is 2.63. The number of benzene rings is 1. The molecule has 4 nitrogen and oxygen atoms in total. The zero-order valence-electron chi connectivity index (χ0n) is 10.8. The minimum atomic E-state index is -0.481. The van der Waals surface area contributed by atoms with Crippen LogP contribution < -0.4 is 5.73 Å². The Bertz CT molecular complexity index is 611. The maximum absolute atomic E-state index is 8.98. The minimum Gasteiger partial charge on any atom is -0.321 e. The fraction of sp³-hybridized carbons (Fsp3) is 0.286. The molecule has 0 saturated carbocycles. The summed E-state index contributed by atoms with van der Waals surface area (Å²) >= 11 is 0. The highest BCUT2D eigenvalue weighted by atomic mass is 15.1. The number of aryl methyl sites for hydroxylation is 1. The Morgan fingerprint density at radius 1 is 1.39 bits per heavy atom. The standard InChI is InChI=1S/C14H16N4/c1-10-4-5-11(7-15)6-12(10)18-9-17-8-13(18)14(2,3)16/h4-6,8-9H,16H2,1-3H3. The molecule has 0 radical (unpaired) electrons. The molecule has 1 heterocycles. The highest BCUT2D eigenvalue weighted by Gasteiger charge is 2.20. The molecule has 0 spiro atoms. The molecule has 0 amide bonds. The van der Waals surface area contributed by atoms with Crippen LogP contribution in [0.1, 0.15) is 30.7 Å². The summed E-state index contributed by atoms with van der Waals surface area (Å²) in [5.74, 6) is 0. The van der Waals surface area contributed by atoms with Crippen LogP contribution in [0.3, 0.4) is 0 Å². The van der Waals surface area contributed by atoms with Gasteiger partial charge in [-0.2, -0.15) is 5.26 Å². The van der Waals surface area contributed by atoms with Crippen molar-refractivity contribution in [2.24, 2.45) is 5.73 Å². The van der Waals surface area contributed by atoms with Gasteiger partial charge in [-0.25, -0.2) is 4.98 Å². The summed E-state index contributed by atoms with van der Waals surface area (Å²) in [6.45, 7) is 5.87. The Labute approximate surface area is 107 Å². The summed E-state index contributed by atoms with van der Waals surface area (Å²) in [4.78, 5) is 4.16. The number of hydrogen-bond donors (Lipinski definition) is 1. The number of nitrogens with zero attached hydrogens (tertiary/aromatic N) is 3. The molecule has 0 unspecified atom stereocenters. The smallest absolute Gasteiger partial charge is 0.0994 e. The summed E-state index contributed by atoms with van der Waals surface area (Å²) in [7, 11) is 0. The van der Waals surface area contributed by atoms with Gasteiger partial charge in [0, 0.05) is 0 Å². The maximum Gasteiger partial charge on any atom is 0.0994 e. The van der Waals surface area contributed by atoms with E-state index < -0.39 is 5.54 Å². The lowest BCUT2D eigenvalue weighted by Gasteiger charge is -2.21. The summed E-state index contributed by atoms with van der Waals surface area (Å²) < 4.78 is 1.94.